The minimum Gasteiger partial charge on any atom is -0.326 e. The molecule has 4 aromatic rings. The van der Waals surface area contributed by atoms with Crippen LogP contribution in [-0.4, -0.2) is 19.3 Å². The molecule has 3 aromatic carbocycles. The lowest BCUT2D eigenvalue weighted by Gasteiger charge is -2.09. The van der Waals surface area contributed by atoms with Crippen LogP contribution in [0.4, 0.5) is 11.5 Å². The maximum atomic E-state index is 12.8. The number of fused-ring (bicyclic) bond motifs is 1. The van der Waals surface area contributed by atoms with Crippen molar-refractivity contribution in [3.05, 3.63) is 94.6 Å². The van der Waals surface area contributed by atoms with Gasteiger partial charge in [-0.1, -0.05) is 53.5 Å². The Labute approximate surface area is 207 Å². The Hall–Kier alpha value is -3.13. The van der Waals surface area contributed by atoms with Crippen molar-refractivity contribution < 1.29 is 13.2 Å². The topological polar surface area (TPSA) is 88.2 Å². The maximum Gasteiger partial charge on any atom is 0.263 e. The molecule has 2 N–H and O–H groups in total. The normalized spacial score (nSPS) is 17.4. The second-order valence-electron chi connectivity index (χ2n) is 8.15. The van der Waals surface area contributed by atoms with E-state index in [2.05, 4.69) is 15.0 Å². The summed E-state index contributed by atoms with van der Waals surface area (Å²) in [6.07, 6.45) is 2.08. The number of carbonyl (C=O) groups is 1. The number of nitrogens with zero attached hydrogens (tertiary/aromatic N) is 1. The molecule has 1 unspecified atom stereocenters. The number of hydrogen-bond acceptors (Lipinski definition) is 4. The Kier molecular flexibility index (Phi) is 5.93. The lowest BCUT2D eigenvalue weighted by atomic mass is 10.1. The summed E-state index contributed by atoms with van der Waals surface area (Å²) in [4.78, 5) is 16.8. The number of sulfonamides is 1. The van der Waals surface area contributed by atoms with Gasteiger partial charge in [-0.25, -0.2) is 13.4 Å². The lowest BCUT2D eigenvalue weighted by Crippen LogP contribution is -2.15. The van der Waals surface area contributed by atoms with Crippen LogP contribution in [-0.2, 0) is 14.8 Å². The summed E-state index contributed by atoms with van der Waals surface area (Å²) in [5.74, 6) is -0.00144. The minimum atomic E-state index is -3.79. The van der Waals surface area contributed by atoms with Crippen molar-refractivity contribution in [2.45, 2.75) is 17.2 Å². The molecule has 1 amide bonds. The molecule has 1 saturated carbocycles. The monoisotopic (exact) mass is 511 g/mol. The Morgan fingerprint density at radius 3 is 2.50 bits per heavy atom. The Morgan fingerprint density at radius 2 is 1.76 bits per heavy atom. The zero-order valence-electron chi connectivity index (χ0n) is 17.7. The van der Waals surface area contributed by atoms with Crippen LogP contribution in [0.3, 0.4) is 0 Å². The van der Waals surface area contributed by atoms with Gasteiger partial charge in [0.1, 0.15) is 5.82 Å². The molecule has 34 heavy (non-hydrogen) atoms. The third-order valence-corrected chi connectivity index (χ3v) is 7.73. The SMILES string of the molecule is O=C(Nc1ccc2cccc(Cl)c2c1)[C@@H]1CC1c1ccc(S(=O)(=O)Nc2ccc(Cl)cn2)cc1. The van der Waals surface area contributed by atoms with Crippen LogP contribution in [0, 0.1) is 5.92 Å². The average molecular weight is 512 g/mol. The molecule has 0 bridgehead atoms. The fourth-order valence-electron chi connectivity index (χ4n) is 3.93. The van der Waals surface area contributed by atoms with E-state index in [0.29, 0.717) is 22.2 Å². The van der Waals surface area contributed by atoms with E-state index in [-0.39, 0.29) is 28.5 Å². The summed E-state index contributed by atoms with van der Waals surface area (Å²) in [7, 11) is -3.79. The van der Waals surface area contributed by atoms with Crippen LogP contribution in [0.25, 0.3) is 10.8 Å². The van der Waals surface area contributed by atoms with Crippen LogP contribution in [0.15, 0.2) is 83.9 Å². The van der Waals surface area contributed by atoms with Crippen LogP contribution in [0.2, 0.25) is 10.0 Å². The van der Waals surface area contributed by atoms with Gasteiger partial charge in [-0.2, -0.15) is 0 Å². The molecule has 1 fully saturated rings. The maximum absolute atomic E-state index is 12.8. The Bertz CT molecular complexity index is 1490. The van der Waals surface area contributed by atoms with Gasteiger partial charge in [-0.15, -0.1) is 0 Å². The molecule has 1 aliphatic rings. The van der Waals surface area contributed by atoms with Crippen molar-refractivity contribution in [1.82, 2.24) is 4.98 Å². The smallest absolute Gasteiger partial charge is 0.263 e. The van der Waals surface area contributed by atoms with E-state index in [1.54, 1.807) is 18.2 Å². The van der Waals surface area contributed by atoms with Crippen molar-refractivity contribution in [2.75, 3.05) is 10.0 Å². The molecule has 1 aromatic heterocycles. The molecule has 172 valence electrons. The van der Waals surface area contributed by atoms with E-state index in [0.717, 1.165) is 16.3 Å². The number of nitrogens with one attached hydrogen (secondary N) is 2. The van der Waals surface area contributed by atoms with Crippen LogP contribution in [0.5, 0.6) is 0 Å². The lowest BCUT2D eigenvalue weighted by molar-refractivity contribution is -0.117. The number of rotatable bonds is 6. The fraction of sp³-hybridized carbons (Fsp3) is 0.120. The molecule has 2 atom stereocenters. The molecule has 5 rings (SSSR count). The first-order chi connectivity index (χ1) is 16.3. The van der Waals surface area contributed by atoms with E-state index in [1.165, 1.54) is 24.4 Å². The zero-order valence-corrected chi connectivity index (χ0v) is 20.0. The number of halogens is 2. The number of carbonyl (C=O) groups excluding carboxylic acids is 1. The van der Waals surface area contributed by atoms with Crippen molar-refractivity contribution in [2.24, 2.45) is 5.92 Å². The minimum absolute atomic E-state index is 0.0479. The predicted octanol–water partition coefficient (Wildman–Crippen LogP) is 6.08. The highest BCUT2D eigenvalue weighted by molar-refractivity contribution is 7.92. The molecular weight excluding hydrogens is 493 g/mol. The molecule has 0 saturated heterocycles. The second-order valence-corrected chi connectivity index (χ2v) is 10.7. The van der Waals surface area contributed by atoms with E-state index in [9.17, 15) is 13.2 Å². The van der Waals surface area contributed by atoms with Gasteiger partial charge in [0.05, 0.1) is 9.92 Å². The third-order valence-electron chi connectivity index (χ3n) is 5.81. The molecule has 0 radical (unpaired) electrons. The van der Waals surface area contributed by atoms with Gasteiger partial charge < -0.3 is 5.32 Å². The second kappa shape index (κ2) is 8.91. The molecule has 0 spiro atoms. The quantitative estimate of drug-likeness (QED) is 0.328. The number of benzene rings is 3. The predicted molar refractivity (Wildman–Crippen MR) is 135 cm³/mol. The third kappa shape index (κ3) is 4.73. The van der Waals surface area contributed by atoms with E-state index in [1.807, 2.05) is 36.4 Å². The first-order valence-electron chi connectivity index (χ1n) is 10.5. The van der Waals surface area contributed by atoms with Gasteiger partial charge in [-0.05, 0) is 65.8 Å². The van der Waals surface area contributed by atoms with E-state index < -0.39 is 10.0 Å². The van der Waals surface area contributed by atoms with Gasteiger partial charge in [0.25, 0.3) is 10.0 Å². The molecule has 0 aliphatic heterocycles. The van der Waals surface area contributed by atoms with Gasteiger partial charge in [0.15, 0.2) is 0 Å². The van der Waals surface area contributed by atoms with Crippen LogP contribution >= 0.6 is 23.2 Å². The Balaban J connectivity index is 1.24. The number of pyridine rings is 1. The summed E-state index contributed by atoms with van der Waals surface area (Å²) in [5.41, 5.74) is 1.62. The molecular formula is C25H19Cl2N3O3S. The number of anilines is 2. The van der Waals surface area contributed by atoms with E-state index >= 15 is 0 Å². The van der Waals surface area contributed by atoms with E-state index in [4.69, 9.17) is 23.2 Å². The molecule has 1 heterocycles. The van der Waals surface area contributed by atoms with Gasteiger partial charge in [-0.3, -0.25) is 9.52 Å². The zero-order chi connectivity index (χ0) is 23.9. The number of aromatic nitrogens is 1. The Morgan fingerprint density at radius 1 is 0.971 bits per heavy atom. The van der Waals surface area contributed by atoms with Gasteiger partial charge >= 0.3 is 0 Å². The first kappa shape index (κ1) is 22.7. The fourth-order valence-corrected chi connectivity index (χ4v) is 5.28. The number of hydrogen-bond donors (Lipinski definition) is 2. The average Bonchev–Trinajstić information content (AvgIpc) is 3.62. The molecule has 1 aliphatic carbocycles. The summed E-state index contributed by atoms with van der Waals surface area (Å²) < 4.78 is 27.7. The van der Waals surface area contributed by atoms with Gasteiger partial charge in [0.2, 0.25) is 5.91 Å². The summed E-state index contributed by atoms with van der Waals surface area (Å²) in [5, 5.41) is 5.91. The highest BCUT2D eigenvalue weighted by Crippen LogP contribution is 2.48. The van der Waals surface area contributed by atoms with Crippen molar-refractivity contribution in [1.29, 1.82) is 0 Å². The first-order valence-corrected chi connectivity index (χ1v) is 12.8. The highest BCUT2D eigenvalue weighted by atomic mass is 35.5. The summed E-state index contributed by atoms with van der Waals surface area (Å²) >= 11 is 12.1. The largest absolute Gasteiger partial charge is 0.326 e. The van der Waals surface area contributed by atoms with Crippen LogP contribution < -0.4 is 10.0 Å². The standard InChI is InChI=1S/C25H19Cl2N3O3S/c26-17-7-11-24(28-14-17)30-34(32,33)19-9-5-16(6-10-19)20-13-22(20)25(31)29-18-8-4-15-2-1-3-23(27)21(15)12-18/h1-12,14,20,22H,13H2,(H,28,30)(H,29,31)/t20?,22-/m1/s1. The summed E-state index contributed by atoms with van der Waals surface area (Å²) in [6, 6.07) is 20.9. The number of amides is 1. The van der Waals surface area contributed by atoms with Crippen molar-refractivity contribution in [3.63, 3.8) is 0 Å². The molecule has 9 heteroatoms. The van der Waals surface area contributed by atoms with Gasteiger partial charge in [0, 0.05) is 28.2 Å². The highest BCUT2D eigenvalue weighted by Gasteiger charge is 2.44. The van der Waals surface area contributed by atoms with Crippen molar-refractivity contribution >= 4 is 61.4 Å². The van der Waals surface area contributed by atoms with Crippen LogP contribution in [0.1, 0.15) is 17.9 Å². The summed E-state index contributed by atoms with van der Waals surface area (Å²) in [6.45, 7) is 0. The molecule has 6 nitrogen and oxygen atoms in total. The van der Waals surface area contributed by atoms with Crippen molar-refractivity contribution in [3.8, 4) is 0 Å².